The molecule has 0 radical (unpaired) electrons. The van der Waals surface area contributed by atoms with Gasteiger partial charge in [0.15, 0.2) is 0 Å². The van der Waals surface area contributed by atoms with Gasteiger partial charge >= 0.3 is 0 Å². The van der Waals surface area contributed by atoms with Gasteiger partial charge in [-0.2, -0.15) is 0 Å². The van der Waals surface area contributed by atoms with E-state index in [9.17, 15) is 0 Å². The maximum Gasteiger partial charge on any atom is 0.222 e. The molecule has 0 fully saturated rings. The molecule has 20 rings (SSSR count). The van der Waals surface area contributed by atoms with Crippen molar-refractivity contribution in [3.63, 3.8) is 0 Å². The van der Waals surface area contributed by atoms with Crippen LogP contribution in [0.4, 0.5) is 0 Å². The van der Waals surface area contributed by atoms with Crippen LogP contribution in [0.5, 0.6) is 0 Å². The molecule has 0 N–H and O–H groups in total. The van der Waals surface area contributed by atoms with Crippen molar-refractivity contribution < 1.29 is 18.5 Å². The Labute approximate surface area is 801 Å². The molecule has 16 heterocycles. The van der Waals surface area contributed by atoms with E-state index in [1.807, 2.05) is 90.7 Å². The predicted octanol–water partition coefficient (Wildman–Crippen LogP) is 33.6. The maximum atomic E-state index is 5.84. The summed E-state index contributed by atoms with van der Waals surface area (Å²) in [5, 5.41) is 38.1. The number of rotatable bonds is 44. The van der Waals surface area contributed by atoms with Gasteiger partial charge in [0, 0.05) is 160 Å². The number of thiophene rings is 12. The highest BCUT2D eigenvalue weighted by atomic mass is 32.1. The highest BCUT2D eigenvalue weighted by Crippen LogP contribution is 2.49. The number of aryl methyl sites for hydroxylation is 4. The summed E-state index contributed by atoms with van der Waals surface area (Å²) in [4.78, 5) is 24.7. The summed E-state index contributed by atoms with van der Waals surface area (Å²) >= 11 is 22.2. The van der Waals surface area contributed by atoms with Crippen molar-refractivity contribution in [2.75, 3.05) is 0 Å². The van der Waals surface area contributed by atoms with Gasteiger partial charge in [-0.05, 0) is 214 Å². The second-order valence-electron chi connectivity index (χ2n) is 33.7. The Morgan fingerprint density at radius 3 is 0.543 bits per heavy atom. The topological polar surface area (TPSA) is 156 Å². The second-order valence-corrected chi connectivity index (χ2v) is 52.1. The number of aromatic nitrogens is 8. The number of unbranched alkanes of at least 4 members (excludes halogenated alkanes) is 20. The van der Waals surface area contributed by atoms with Gasteiger partial charge in [0.1, 0.15) is 44.1 Å². The molecule has 129 heavy (non-hydrogen) atoms. The van der Waals surface area contributed by atoms with E-state index in [0.29, 0.717) is 0 Å². The molecule has 20 aromatic rings. The quantitative estimate of drug-likeness (QED) is 0.0263. The standard InChI is InChI=1S/C104H100N8O4S12Si/c1-5-9-13-17-21-25-29-65-33-45-85(117-65)89-53-49-77(121-89)69-37-41-73(101-97(69)105-113-109-101)81-57-61-93(125-81)129(94-62-58-82(126-94)74-42-38-70(98-102(74)110-114-106-98)78-50-54-90(122-78)86-46-34-66(118-86)30-26-22-18-14-10-6-2,95-63-59-83(127-95)75-43-39-71(99-103(75)111-115-107-99)79-51-55-91(123-79)87-47-35-67(119-87)31-27-23-19-15-11-7-3)96-64-60-84(128-96)76-44-40-72(100-104(76)112-116-108-100)80-52-56-92(124-80)88-48-36-68(120-88)32-28-24-20-16-12-8-4/h33-64H,5-32H2,1-4H3. The lowest BCUT2D eigenvalue weighted by Gasteiger charge is -2.28. The van der Waals surface area contributed by atoms with Crippen LogP contribution in [0.3, 0.4) is 0 Å². The van der Waals surface area contributed by atoms with E-state index in [4.69, 9.17) is 59.8 Å². The van der Waals surface area contributed by atoms with Crippen LogP contribution in [-0.2, 0) is 25.7 Å². The Morgan fingerprint density at radius 2 is 0.333 bits per heavy atom. The van der Waals surface area contributed by atoms with Crippen molar-refractivity contribution in [3.8, 4) is 123 Å². The summed E-state index contributed by atoms with van der Waals surface area (Å²) in [5.41, 5.74) is 13.7. The number of nitrogens with zero attached hydrogens (tertiary/aromatic N) is 8. The number of benzene rings is 4. The van der Waals surface area contributed by atoms with Gasteiger partial charge in [-0.15, -0.1) is 136 Å². The minimum atomic E-state index is -3.53. The smallest absolute Gasteiger partial charge is 0.222 e. The first kappa shape index (κ1) is 88.0. The molecule has 0 unspecified atom stereocenters. The predicted molar refractivity (Wildman–Crippen MR) is 560 cm³/mol. The summed E-state index contributed by atoms with van der Waals surface area (Å²) in [7, 11) is -3.53. The minimum Gasteiger partial charge on any atom is -0.243 e. The zero-order chi connectivity index (χ0) is 87.0. The largest absolute Gasteiger partial charge is 0.243 e. The van der Waals surface area contributed by atoms with Gasteiger partial charge in [-0.1, -0.05) is 229 Å². The van der Waals surface area contributed by atoms with E-state index < -0.39 is 8.07 Å². The summed E-state index contributed by atoms with van der Waals surface area (Å²) in [6.07, 6.45) is 35.6. The Balaban J connectivity index is 0.688. The fourth-order valence-corrected chi connectivity index (χ4v) is 41.4. The Bertz CT molecular complexity index is 6300. The summed E-state index contributed by atoms with van der Waals surface area (Å²) in [6, 6.07) is 73.2. The van der Waals surface area contributed by atoms with Gasteiger partial charge in [-0.25, -0.2) is 18.5 Å². The first-order valence-electron chi connectivity index (χ1n) is 46.0. The molecule has 0 saturated carbocycles. The van der Waals surface area contributed by atoms with Gasteiger partial charge in [0.25, 0.3) is 0 Å². The third kappa shape index (κ3) is 18.8. The summed E-state index contributed by atoms with van der Waals surface area (Å²) in [5.74, 6) is 0. The van der Waals surface area contributed by atoms with E-state index in [-0.39, 0.29) is 0 Å². The van der Waals surface area contributed by atoms with Crippen molar-refractivity contribution >= 4 is 206 Å². The molecule has 0 aliphatic heterocycles. The molecule has 0 saturated heterocycles. The van der Waals surface area contributed by atoms with Crippen LogP contribution in [-0.4, -0.2) is 49.3 Å². The molecule has 0 spiro atoms. The third-order valence-electron chi connectivity index (χ3n) is 24.8. The van der Waals surface area contributed by atoms with E-state index in [0.717, 1.165) is 153 Å². The van der Waals surface area contributed by atoms with Gasteiger partial charge in [-0.3, -0.25) is 0 Å². The van der Waals surface area contributed by atoms with Crippen LogP contribution in [0.15, 0.2) is 213 Å². The highest BCUT2D eigenvalue weighted by molar-refractivity contribution is 7.55. The molecule has 0 aliphatic carbocycles. The van der Waals surface area contributed by atoms with Crippen LogP contribution in [0, 0.1) is 0 Å². The first-order valence-corrected chi connectivity index (χ1v) is 57.8. The Hall–Kier alpha value is -8.90. The lowest BCUT2D eigenvalue weighted by Crippen LogP contribution is -2.71. The van der Waals surface area contributed by atoms with Crippen LogP contribution in [0.25, 0.3) is 167 Å². The van der Waals surface area contributed by atoms with Gasteiger partial charge < -0.3 is 0 Å². The first-order chi connectivity index (χ1) is 63.7. The Morgan fingerprint density at radius 1 is 0.171 bits per heavy atom. The van der Waals surface area contributed by atoms with Crippen molar-refractivity contribution in [2.24, 2.45) is 0 Å². The molecule has 0 bridgehead atoms. The highest BCUT2D eigenvalue weighted by Gasteiger charge is 2.48. The number of hydrogen-bond acceptors (Lipinski definition) is 24. The molecule has 0 aliphatic rings. The van der Waals surface area contributed by atoms with E-state index in [1.165, 1.54) is 231 Å². The minimum absolute atomic E-state index is 0.724. The molecule has 16 aromatic heterocycles. The SMILES string of the molecule is CCCCCCCCc1ccc(-c2ccc(-c3ccc(-c4ccc([Si](c5ccc(-c6ccc(-c7ccc(-c8ccc(CCCCCCCC)s8)s7)c7nonc67)s5)(c5ccc(-c6ccc(-c7ccc(-c8ccc(CCCCCCCC)s8)s7)c7nonc67)s5)c5ccc(-c6ccc(-c7ccc(-c8ccc(CCCCCCCC)s8)s7)c7nonc67)s5)s4)c4nonc34)s2)s1. The van der Waals surface area contributed by atoms with Crippen LogP contribution in [0.1, 0.15) is 201 Å². The van der Waals surface area contributed by atoms with Crippen LogP contribution in [0.2, 0.25) is 0 Å². The fourth-order valence-electron chi connectivity index (χ4n) is 17.9. The molecule has 656 valence electrons. The molecule has 12 nitrogen and oxygen atoms in total. The lowest BCUT2D eigenvalue weighted by molar-refractivity contribution is 0.315. The summed E-state index contributed by atoms with van der Waals surface area (Å²) < 4.78 is 28.3. The van der Waals surface area contributed by atoms with Crippen LogP contribution < -0.4 is 18.0 Å². The number of hydrogen-bond donors (Lipinski definition) is 0. The second kappa shape index (κ2) is 41.1. The van der Waals surface area contributed by atoms with Crippen molar-refractivity contribution in [2.45, 2.75) is 207 Å². The molecule has 0 amide bonds. The van der Waals surface area contributed by atoms with Crippen molar-refractivity contribution in [3.05, 3.63) is 214 Å². The van der Waals surface area contributed by atoms with Gasteiger partial charge in [0.2, 0.25) is 8.07 Å². The van der Waals surface area contributed by atoms with Crippen molar-refractivity contribution in [1.29, 1.82) is 0 Å². The van der Waals surface area contributed by atoms with E-state index in [2.05, 4.69) is 222 Å². The molecule has 25 heteroatoms. The Kier molecular flexibility index (Phi) is 28.0. The van der Waals surface area contributed by atoms with Crippen LogP contribution >= 0.6 is 136 Å². The zero-order valence-electron chi connectivity index (χ0n) is 72.9. The molecular formula is C104H100N8O4S12Si. The van der Waals surface area contributed by atoms with Gasteiger partial charge in [0.05, 0.1) is 0 Å². The molecular weight excluding hydrogens is 1840 g/mol. The average Bonchev–Trinajstić information content (AvgIpc) is 1.60. The monoisotopic (exact) mass is 1940 g/mol. The lowest BCUT2D eigenvalue weighted by atomic mass is 10.1. The van der Waals surface area contributed by atoms with Crippen molar-refractivity contribution in [1.82, 2.24) is 41.3 Å². The fraction of sp³-hybridized carbons (Fsp3) is 0.308. The normalized spacial score (nSPS) is 12.1. The third-order valence-corrected chi connectivity index (χ3v) is 46.9. The summed E-state index contributed by atoms with van der Waals surface area (Å²) in [6.45, 7) is 9.14. The van der Waals surface area contributed by atoms with E-state index in [1.54, 1.807) is 45.3 Å². The molecule has 0 atom stereocenters. The maximum absolute atomic E-state index is 5.84. The van der Waals surface area contributed by atoms with E-state index >= 15 is 0 Å². The number of fused-ring (bicyclic) bond motifs is 4. The molecule has 4 aromatic carbocycles. The zero-order valence-corrected chi connectivity index (χ0v) is 83.7. The average molecular weight is 1940 g/mol.